The van der Waals surface area contributed by atoms with Crippen molar-refractivity contribution in [1.82, 2.24) is 0 Å². The highest BCUT2D eigenvalue weighted by Crippen LogP contribution is 2.37. The van der Waals surface area contributed by atoms with Crippen molar-refractivity contribution < 1.29 is 9.22 Å². The van der Waals surface area contributed by atoms with Gasteiger partial charge in [0.1, 0.15) is 0 Å². The third kappa shape index (κ3) is 3.25. The summed E-state index contributed by atoms with van der Waals surface area (Å²) in [6, 6.07) is 11.9. The third-order valence-corrected chi connectivity index (χ3v) is 9.05. The van der Waals surface area contributed by atoms with Crippen LogP contribution in [-0.2, 0) is 11.0 Å². The van der Waals surface area contributed by atoms with E-state index in [-0.39, 0.29) is 5.04 Å². The summed E-state index contributed by atoms with van der Waals surface area (Å²) in [6.07, 6.45) is 0.917. The van der Waals surface area contributed by atoms with E-state index in [1.54, 1.807) is 0 Å². The molecule has 0 N–H and O–H groups in total. The van der Waals surface area contributed by atoms with E-state index in [1.807, 2.05) is 30.3 Å². The van der Waals surface area contributed by atoms with Crippen molar-refractivity contribution in [3.05, 3.63) is 47.5 Å². The van der Waals surface area contributed by atoms with Gasteiger partial charge in [0.15, 0.2) is 14.6 Å². The van der Waals surface area contributed by atoms with Crippen molar-refractivity contribution in [2.24, 2.45) is 0 Å². The number of rotatable bonds is 4. The first kappa shape index (κ1) is 15.9. The fraction of sp³-hybridized carbons (Fsp3) is 0.389. The van der Waals surface area contributed by atoms with Crippen molar-refractivity contribution in [3.63, 3.8) is 0 Å². The summed E-state index contributed by atoms with van der Waals surface area (Å²) in [5.41, 5.74) is 1.89. The van der Waals surface area contributed by atoms with Crippen LogP contribution in [0.1, 0.15) is 36.7 Å². The smallest absolute Gasteiger partial charge is 0.192 e. The van der Waals surface area contributed by atoms with Crippen molar-refractivity contribution in [2.75, 3.05) is 0 Å². The standard InChI is InChI=1S/C18H24O2Si/c1-18(2,3)21(4,5)20-13-15-11-10-14(12-19)16-8-6-7-9-17(15)16/h6-12H,13H2,1-5H3. The zero-order valence-corrected chi connectivity index (χ0v) is 14.6. The number of carbonyl (C=O) groups is 1. The van der Waals surface area contributed by atoms with Gasteiger partial charge in [0, 0.05) is 5.56 Å². The summed E-state index contributed by atoms with van der Waals surface area (Å²) in [6.45, 7) is 11.9. The first-order valence-electron chi connectivity index (χ1n) is 7.36. The lowest BCUT2D eigenvalue weighted by Gasteiger charge is -2.36. The summed E-state index contributed by atoms with van der Waals surface area (Å²) >= 11 is 0. The molecular formula is C18H24O2Si. The molecule has 0 radical (unpaired) electrons. The largest absolute Gasteiger partial charge is 0.413 e. The first-order valence-corrected chi connectivity index (χ1v) is 10.3. The Kier molecular flexibility index (Phi) is 4.35. The molecule has 0 atom stereocenters. The zero-order chi connectivity index (χ0) is 15.7. The molecule has 21 heavy (non-hydrogen) atoms. The summed E-state index contributed by atoms with van der Waals surface area (Å²) in [7, 11) is -1.77. The molecule has 0 amide bonds. The van der Waals surface area contributed by atoms with Crippen LogP contribution in [0.5, 0.6) is 0 Å². The minimum atomic E-state index is -1.77. The number of fused-ring (bicyclic) bond motifs is 1. The lowest BCUT2D eigenvalue weighted by atomic mass is 10.0. The SMILES string of the molecule is CC(C)(C)[Si](C)(C)OCc1ccc(C=O)c2ccccc12. The van der Waals surface area contributed by atoms with Crippen LogP contribution in [0.25, 0.3) is 10.8 Å². The fourth-order valence-corrected chi connectivity index (χ4v) is 3.04. The second kappa shape index (κ2) is 5.74. The quantitative estimate of drug-likeness (QED) is 0.575. The van der Waals surface area contributed by atoms with E-state index in [9.17, 15) is 4.79 Å². The molecule has 2 aromatic rings. The maximum absolute atomic E-state index is 11.2. The molecule has 0 saturated heterocycles. The van der Waals surface area contributed by atoms with Gasteiger partial charge in [-0.2, -0.15) is 0 Å². The maximum atomic E-state index is 11.2. The van der Waals surface area contributed by atoms with Crippen LogP contribution < -0.4 is 0 Å². The molecule has 112 valence electrons. The minimum absolute atomic E-state index is 0.200. The van der Waals surface area contributed by atoms with Gasteiger partial charge >= 0.3 is 0 Å². The molecule has 0 heterocycles. The Morgan fingerprint density at radius 3 is 2.24 bits per heavy atom. The molecular weight excluding hydrogens is 276 g/mol. The summed E-state index contributed by atoms with van der Waals surface area (Å²) in [5.74, 6) is 0. The zero-order valence-electron chi connectivity index (χ0n) is 13.6. The number of hydrogen-bond acceptors (Lipinski definition) is 2. The van der Waals surface area contributed by atoms with E-state index >= 15 is 0 Å². The highest BCUT2D eigenvalue weighted by Gasteiger charge is 2.37. The Morgan fingerprint density at radius 1 is 1.05 bits per heavy atom. The molecule has 0 fully saturated rings. The summed E-state index contributed by atoms with van der Waals surface area (Å²) in [5, 5.41) is 2.32. The molecule has 2 aromatic carbocycles. The molecule has 0 spiro atoms. The molecule has 0 saturated carbocycles. The second-order valence-electron chi connectivity index (χ2n) is 7.03. The number of aldehydes is 1. The minimum Gasteiger partial charge on any atom is -0.413 e. The molecule has 0 bridgehead atoms. The van der Waals surface area contributed by atoms with Crippen LogP contribution in [0, 0.1) is 0 Å². The van der Waals surface area contributed by atoms with E-state index in [4.69, 9.17) is 4.43 Å². The second-order valence-corrected chi connectivity index (χ2v) is 11.8. The lowest BCUT2D eigenvalue weighted by molar-refractivity contribution is 0.112. The third-order valence-electron chi connectivity index (χ3n) is 4.57. The van der Waals surface area contributed by atoms with Gasteiger partial charge < -0.3 is 4.43 Å². The summed E-state index contributed by atoms with van der Waals surface area (Å²) < 4.78 is 6.31. The Bertz CT molecular complexity index is 654. The Hall–Kier alpha value is -1.45. The van der Waals surface area contributed by atoms with Crippen molar-refractivity contribution in [2.45, 2.75) is 45.5 Å². The lowest BCUT2D eigenvalue weighted by Crippen LogP contribution is -2.40. The monoisotopic (exact) mass is 300 g/mol. The van der Waals surface area contributed by atoms with E-state index in [0.29, 0.717) is 6.61 Å². The van der Waals surface area contributed by atoms with Crippen LogP contribution in [0.2, 0.25) is 18.1 Å². The molecule has 0 aromatic heterocycles. The van der Waals surface area contributed by atoms with Gasteiger partial charge in [0.2, 0.25) is 0 Å². The molecule has 0 unspecified atom stereocenters. The van der Waals surface area contributed by atoms with E-state index in [2.05, 4.69) is 39.9 Å². The Morgan fingerprint density at radius 2 is 1.67 bits per heavy atom. The van der Waals surface area contributed by atoms with E-state index < -0.39 is 8.32 Å². The Balaban J connectivity index is 2.34. The molecule has 2 nitrogen and oxygen atoms in total. The Labute approximate surface area is 128 Å². The van der Waals surface area contributed by atoms with E-state index in [1.165, 1.54) is 0 Å². The van der Waals surface area contributed by atoms with Crippen molar-refractivity contribution >= 4 is 25.4 Å². The summed E-state index contributed by atoms with van der Waals surface area (Å²) in [4.78, 5) is 11.2. The van der Waals surface area contributed by atoms with Crippen LogP contribution >= 0.6 is 0 Å². The van der Waals surface area contributed by atoms with Crippen molar-refractivity contribution in [3.8, 4) is 0 Å². The normalized spacial score (nSPS) is 12.6. The van der Waals surface area contributed by atoms with E-state index in [0.717, 1.165) is 28.2 Å². The average Bonchev–Trinajstić information content (AvgIpc) is 2.43. The average molecular weight is 300 g/mol. The first-order chi connectivity index (χ1) is 9.76. The fourth-order valence-electron chi connectivity index (χ4n) is 2.09. The van der Waals surface area contributed by atoms with Gasteiger partial charge in [-0.25, -0.2) is 0 Å². The topological polar surface area (TPSA) is 26.3 Å². The van der Waals surface area contributed by atoms with Crippen LogP contribution in [-0.4, -0.2) is 14.6 Å². The molecule has 0 aliphatic carbocycles. The van der Waals surface area contributed by atoms with Crippen molar-refractivity contribution in [1.29, 1.82) is 0 Å². The number of hydrogen-bond donors (Lipinski definition) is 0. The molecule has 3 heteroatoms. The molecule has 2 rings (SSSR count). The van der Waals surface area contributed by atoms with Gasteiger partial charge in [-0.3, -0.25) is 4.79 Å². The van der Waals surface area contributed by atoms with Crippen LogP contribution in [0.3, 0.4) is 0 Å². The van der Waals surface area contributed by atoms with Gasteiger partial charge in [0.25, 0.3) is 0 Å². The van der Waals surface area contributed by atoms with Gasteiger partial charge in [-0.1, -0.05) is 57.2 Å². The predicted molar refractivity (Wildman–Crippen MR) is 91.3 cm³/mol. The number of benzene rings is 2. The van der Waals surface area contributed by atoms with Gasteiger partial charge in [0.05, 0.1) is 6.61 Å². The molecule has 0 aliphatic rings. The van der Waals surface area contributed by atoms with Gasteiger partial charge in [-0.05, 0) is 34.5 Å². The number of carbonyl (C=O) groups excluding carboxylic acids is 1. The highest BCUT2D eigenvalue weighted by molar-refractivity contribution is 6.74. The van der Waals surface area contributed by atoms with Crippen LogP contribution in [0.15, 0.2) is 36.4 Å². The van der Waals surface area contributed by atoms with Gasteiger partial charge in [-0.15, -0.1) is 0 Å². The molecule has 0 aliphatic heterocycles. The predicted octanol–water partition coefficient (Wildman–Crippen LogP) is 5.17. The maximum Gasteiger partial charge on any atom is 0.192 e. The van der Waals surface area contributed by atoms with Crippen LogP contribution in [0.4, 0.5) is 0 Å². The highest BCUT2D eigenvalue weighted by atomic mass is 28.4.